The number of nitrogens with zero attached hydrogens (tertiary/aromatic N) is 4. The van der Waals surface area contributed by atoms with Crippen molar-refractivity contribution in [1.29, 1.82) is 0 Å². The topological polar surface area (TPSA) is 67.9 Å². The molecule has 0 radical (unpaired) electrons. The maximum absolute atomic E-state index is 5.57. The monoisotopic (exact) mass is 227 g/mol. The van der Waals surface area contributed by atoms with Crippen LogP contribution in [-0.2, 0) is 13.0 Å². The van der Waals surface area contributed by atoms with E-state index in [0.717, 1.165) is 19.5 Å². The second-order valence-corrected chi connectivity index (χ2v) is 4.08. The van der Waals surface area contributed by atoms with Crippen LogP contribution in [-0.4, -0.2) is 21.5 Å². The lowest BCUT2D eigenvalue weighted by atomic mass is 10.0. The maximum atomic E-state index is 5.57. The lowest BCUT2D eigenvalue weighted by Crippen LogP contribution is -2.31. The molecule has 0 unspecified atom stereocenters. The zero-order valence-electron chi connectivity index (χ0n) is 9.37. The fourth-order valence-electron chi connectivity index (χ4n) is 2.12. The molecule has 0 bridgehead atoms. The van der Waals surface area contributed by atoms with Crippen LogP contribution >= 0.6 is 0 Å². The Morgan fingerprint density at radius 3 is 2.76 bits per heavy atom. The summed E-state index contributed by atoms with van der Waals surface area (Å²) in [6.45, 7) is 1.75. The molecule has 0 aliphatic carbocycles. The molecule has 1 aromatic carbocycles. The molecule has 0 saturated heterocycles. The second-order valence-electron chi connectivity index (χ2n) is 4.08. The van der Waals surface area contributed by atoms with Crippen LogP contribution in [0.3, 0.4) is 0 Å². The number of nitrogen functional groups attached to an aromatic ring is 1. The van der Waals surface area contributed by atoms with Gasteiger partial charge in [-0.2, -0.15) is 4.98 Å². The summed E-state index contributed by atoms with van der Waals surface area (Å²) in [7, 11) is 0. The third-order valence-electron chi connectivity index (χ3n) is 2.99. The molecule has 0 saturated carbocycles. The van der Waals surface area contributed by atoms with Crippen molar-refractivity contribution in [3.8, 4) is 0 Å². The Morgan fingerprint density at radius 1 is 1.12 bits per heavy atom. The number of benzene rings is 1. The number of nitrogens with two attached hydrogens (primary N) is 1. The highest BCUT2D eigenvalue weighted by Gasteiger charge is 2.17. The summed E-state index contributed by atoms with van der Waals surface area (Å²) >= 11 is 0. The zero-order valence-corrected chi connectivity index (χ0v) is 9.37. The van der Waals surface area contributed by atoms with Gasteiger partial charge in [0.05, 0.1) is 0 Å². The van der Waals surface area contributed by atoms with Crippen molar-refractivity contribution in [2.75, 3.05) is 17.2 Å². The van der Waals surface area contributed by atoms with Gasteiger partial charge in [-0.25, -0.2) is 9.97 Å². The molecule has 17 heavy (non-hydrogen) atoms. The number of hydrogen-bond acceptors (Lipinski definition) is 5. The van der Waals surface area contributed by atoms with E-state index in [-0.39, 0.29) is 5.95 Å². The van der Waals surface area contributed by atoms with Crippen molar-refractivity contribution in [1.82, 2.24) is 15.0 Å². The third-order valence-corrected chi connectivity index (χ3v) is 2.99. The summed E-state index contributed by atoms with van der Waals surface area (Å²) < 4.78 is 0. The van der Waals surface area contributed by atoms with Crippen molar-refractivity contribution in [3.63, 3.8) is 0 Å². The standard InChI is InChI=1S/C12H13N5/c13-11-14-8-15-12(16-11)17-6-5-9-3-1-2-4-10(9)7-17/h1-4,8H,5-7H2,(H2,13,14,15,16). The smallest absolute Gasteiger partial charge is 0.230 e. The van der Waals surface area contributed by atoms with Gasteiger partial charge in [0.25, 0.3) is 0 Å². The SMILES string of the molecule is Nc1ncnc(N2CCc3ccccc3C2)n1. The van der Waals surface area contributed by atoms with Gasteiger partial charge in [-0.1, -0.05) is 24.3 Å². The van der Waals surface area contributed by atoms with Gasteiger partial charge in [-0.3, -0.25) is 0 Å². The van der Waals surface area contributed by atoms with Crippen LogP contribution in [0, 0.1) is 0 Å². The molecular formula is C12H13N5. The first-order valence-corrected chi connectivity index (χ1v) is 5.59. The maximum Gasteiger partial charge on any atom is 0.230 e. The van der Waals surface area contributed by atoms with E-state index in [1.165, 1.54) is 17.5 Å². The van der Waals surface area contributed by atoms with Crippen molar-refractivity contribution < 1.29 is 0 Å². The molecule has 1 aliphatic rings. The lowest BCUT2D eigenvalue weighted by Gasteiger charge is -2.28. The molecule has 0 spiro atoms. The van der Waals surface area contributed by atoms with Crippen molar-refractivity contribution >= 4 is 11.9 Å². The Morgan fingerprint density at radius 2 is 1.94 bits per heavy atom. The van der Waals surface area contributed by atoms with Gasteiger partial charge >= 0.3 is 0 Å². The molecule has 5 nitrogen and oxygen atoms in total. The molecule has 5 heteroatoms. The highest BCUT2D eigenvalue weighted by Crippen LogP contribution is 2.21. The van der Waals surface area contributed by atoms with Crippen LogP contribution < -0.4 is 10.6 Å². The van der Waals surface area contributed by atoms with E-state index in [2.05, 4.69) is 44.1 Å². The predicted molar refractivity (Wildman–Crippen MR) is 65.4 cm³/mol. The Kier molecular flexibility index (Phi) is 2.36. The Hall–Kier alpha value is -2.17. The average molecular weight is 227 g/mol. The first-order valence-electron chi connectivity index (χ1n) is 5.59. The molecule has 2 heterocycles. The summed E-state index contributed by atoms with van der Waals surface area (Å²) in [5.41, 5.74) is 8.31. The minimum Gasteiger partial charge on any atom is -0.368 e. The molecule has 0 amide bonds. The van der Waals surface area contributed by atoms with E-state index >= 15 is 0 Å². The molecule has 1 aliphatic heterocycles. The molecule has 0 fully saturated rings. The Bertz CT molecular complexity index is 540. The van der Waals surface area contributed by atoms with Crippen LogP contribution in [0.15, 0.2) is 30.6 Å². The average Bonchev–Trinajstić information content (AvgIpc) is 2.38. The summed E-state index contributed by atoms with van der Waals surface area (Å²) in [5.74, 6) is 0.931. The fourth-order valence-corrected chi connectivity index (χ4v) is 2.12. The van der Waals surface area contributed by atoms with Gasteiger partial charge in [0.1, 0.15) is 6.33 Å². The van der Waals surface area contributed by atoms with E-state index in [9.17, 15) is 0 Å². The van der Waals surface area contributed by atoms with Gasteiger partial charge in [0.2, 0.25) is 11.9 Å². The Labute approximate surface area is 99.3 Å². The van der Waals surface area contributed by atoms with Crippen LogP contribution in [0.5, 0.6) is 0 Å². The zero-order chi connectivity index (χ0) is 11.7. The molecule has 0 atom stereocenters. The molecule has 86 valence electrons. The number of fused-ring (bicyclic) bond motifs is 1. The first kappa shape index (κ1) is 10.0. The van der Waals surface area contributed by atoms with E-state index < -0.39 is 0 Å². The molecular weight excluding hydrogens is 214 g/mol. The molecule has 1 aromatic heterocycles. The van der Waals surface area contributed by atoms with Crippen LogP contribution in [0.2, 0.25) is 0 Å². The fraction of sp³-hybridized carbons (Fsp3) is 0.250. The summed E-state index contributed by atoms with van der Waals surface area (Å²) in [5, 5.41) is 0. The second kappa shape index (κ2) is 4.01. The van der Waals surface area contributed by atoms with Crippen molar-refractivity contribution in [2.45, 2.75) is 13.0 Å². The summed E-state index contributed by atoms with van der Waals surface area (Å²) in [6, 6.07) is 8.46. The predicted octanol–water partition coefficient (Wildman–Crippen LogP) is 1.02. The van der Waals surface area contributed by atoms with Crippen LogP contribution in [0.4, 0.5) is 11.9 Å². The number of rotatable bonds is 1. The summed E-state index contributed by atoms with van der Waals surface area (Å²) in [4.78, 5) is 14.2. The van der Waals surface area contributed by atoms with E-state index in [4.69, 9.17) is 5.73 Å². The highest BCUT2D eigenvalue weighted by molar-refractivity contribution is 5.40. The minimum absolute atomic E-state index is 0.272. The first-order chi connectivity index (χ1) is 8.33. The van der Waals surface area contributed by atoms with Gasteiger partial charge in [-0.05, 0) is 17.5 Å². The van der Waals surface area contributed by atoms with Crippen molar-refractivity contribution in [2.24, 2.45) is 0 Å². The molecule has 2 aromatic rings. The van der Waals surface area contributed by atoms with E-state index in [0.29, 0.717) is 5.95 Å². The van der Waals surface area contributed by atoms with Gasteiger partial charge in [0, 0.05) is 13.1 Å². The molecule has 2 N–H and O–H groups in total. The Balaban J connectivity index is 1.89. The number of anilines is 2. The van der Waals surface area contributed by atoms with E-state index in [1.54, 1.807) is 0 Å². The normalized spacial score (nSPS) is 14.5. The van der Waals surface area contributed by atoms with Gasteiger partial charge in [0.15, 0.2) is 0 Å². The lowest BCUT2D eigenvalue weighted by molar-refractivity contribution is 0.705. The number of aromatic nitrogens is 3. The third kappa shape index (κ3) is 1.91. The van der Waals surface area contributed by atoms with Gasteiger partial charge in [-0.15, -0.1) is 0 Å². The number of hydrogen-bond donors (Lipinski definition) is 1. The minimum atomic E-state index is 0.272. The van der Waals surface area contributed by atoms with Crippen LogP contribution in [0.25, 0.3) is 0 Å². The van der Waals surface area contributed by atoms with Crippen molar-refractivity contribution in [3.05, 3.63) is 41.7 Å². The quantitative estimate of drug-likeness (QED) is 0.787. The van der Waals surface area contributed by atoms with Crippen LogP contribution in [0.1, 0.15) is 11.1 Å². The summed E-state index contributed by atoms with van der Waals surface area (Å²) in [6.07, 6.45) is 2.47. The highest BCUT2D eigenvalue weighted by atomic mass is 15.3. The molecule has 3 rings (SSSR count). The van der Waals surface area contributed by atoms with Gasteiger partial charge < -0.3 is 10.6 Å². The van der Waals surface area contributed by atoms with E-state index in [1.807, 2.05) is 0 Å². The largest absolute Gasteiger partial charge is 0.368 e.